The van der Waals surface area contributed by atoms with Crippen LogP contribution < -0.4 is 4.57 Å². The molecule has 2 aliphatic carbocycles. The van der Waals surface area contributed by atoms with Crippen molar-refractivity contribution in [2.45, 2.75) is 32.2 Å². The van der Waals surface area contributed by atoms with Gasteiger partial charge in [-0.05, 0) is 78.8 Å². The molecular formula is C34H27FN+. The van der Waals surface area contributed by atoms with E-state index in [9.17, 15) is 4.39 Å². The van der Waals surface area contributed by atoms with Crippen molar-refractivity contribution in [3.8, 4) is 33.6 Å². The number of pyridine rings is 1. The number of halogens is 1. The minimum absolute atomic E-state index is 0.192. The van der Waals surface area contributed by atoms with Crippen LogP contribution in [0.4, 0.5) is 4.39 Å². The van der Waals surface area contributed by atoms with Gasteiger partial charge in [-0.25, -0.2) is 4.39 Å². The van der Waals surface area contributed by atoms with Crippen molar-refractivity contribution in [2.24, 2.45) is 0 Å². The van der Waals surface area contributed by atoms with Crippen LogP contribution >= 0.6 is 0 Å². The minimum atomic E-state index is -0.192. The molecule has 0 unspecified atom stereocenters. The zero-order valence-corrected chi connectivity index (χ0v) is 20.2. The summed E-state index contributed by atoms with van der Waals surface area (Å²) in [6.45, 7) is 0.711. The number of nitrogens with zero attached hydrogens (tertiary/aromatic N) is 1. The van der Waals surface area contributed by atoms with Crippen molar-refractivity contribution >= 4 is 0 Å². The van der Waals surface area contributed by atoms with E-state index in [-0.39, 0.29) is 5.82 Å². The van der Waals surface area contributed by atoms with Gasteiger partial charge < -0.3 is 0 Å². The molecule has 7 rings (SSSR count). The lowest BCUT2D eigenvalue weighted by molar-refractivity contribution is -0.667. The van der Waals surface area contributed by atoms with Crippen LogP contribution in [0.5, 0.6) is 0 Å². The number of aryl methyl sites for hydroxylation is 2. The van der Waals surface area contributed by atoms with Gasteiger partial charge >= 0.3 is 0 Å². The summed E-state index contributed by atoms with van der Waals surface area (Å²) in [6.07, 6.45) is 4.15. The van der Waals surface area contributed by atoms with Crippen LogP contribution in [-0.4, -0.2) is 0 Å². The molecule has 36 heavy (non-hydrogen) atoms. The molecule has 2 aliphatic rings. The molecule has 1 nitrogen and oxygen atoms in total. The molecule has 0 N–H and O–H groups in total. The quantitative estimate of drug-likeness (QED) is 0.244. The van der Waals surface area contributed by atoms with E-state index >= 15 is 0 Å². The maximum absolute atomic E-state index is 13.8. The fraction of sp³-hybridized carbons (Fsp3) is 0.147. The van der Waals surface area contributed by atoms with Gasteiger partial charge in [0.15, 0.2) is 6.54 Å². The lowest BCUT2D eigenvalue weighted by atomic mass is 9.77. The zero-order valence-electron chi connectivity index (χ0n) is 20.2. The Morgan fingerprint density at radius 2 is 1.08 bits per heavy atom. The second-order valence-corrected chi connectivity index (χ2v) is 9.92. The third-order valence-electron chi connectivity index (χ3n) is 7.87. The first-order valence-electron chi connectivity index (χ1n) is 12.9. The summed E-state index contributed by atoms with van der Waals surface area (Å²) in [7, 11) is 0. The lowest BCUT2D eigenvalue weighted by Gasteiger charge is -2.28. The molecule has 0 spiro atoms. The zero-order chi connectivity index (χ0) is 24.1. The van der Waals surface area contributed by atoms with Gasteiger partial charge in [0.25, 0.3) is 0 Å². The molecule has 2 heteroatoms. The fourth-order valence-electron chi connectivity index (χ4n) is 6.30. The van der Waals surface area contributed by atoms with Crippen LogP contribution in [0.15, 0.2) is 103 Å². The average Bonchev–Trinajstić information content (AvgIpc) is 2.94. The van der Waals surface area contributed by atoms with Gasteiger partial charge in [0.05, 0.1) is 0 Å². The van der Waals surface area contributed by atoms with Gasteiger partial charge in [0.1, 0.15) is 5.82 Å². The number of benzene rings is 4. The van der Waals surface area contributed by atoms with E-state index in [2.05, 4.69) is 83.4 Å². The van der Waals surface area contributed by atoms with Crippen molar-refractivity contribution in [2.75, 3.05) is 0 Å². The van der Waals surface area contributed by atoms with Gasteiger partial charge in [0.2, 0.25) is 11.4 Å². The Morgan fingerprint density at radius 3 is 1.67 bits per heavy atom. The van der Waals surface area contributed by atoms with E-state index in [1.165, 1.54) is 55.9 Å². The SMILES string of the molecule is Fc1ccc(C[n+]2c3c(c(-c4ccccc4)c4c2-c2ccccc2CC4)CCc2ccccc2-3)cc1. The minimum Gasteiger partial charge on any atom is -0.207 e. The second-order valence-electron chi connectivity index (χ2n) is 9.92. The van der Waals surface area contributed by atoms with Crippen molar-refractivity contribution in [3.63, 3.8) is 0 Å². The number of hydrogen-bond acceptors (Lipinski definition) is 0. The summed E-state index contributed by atoms with van der Waals surface area (Å²) in [5.41, 5.74) is 14.8. The fourth-order valence-corrected chi connectivity index (χ4v) is 6.30. The average molecular weight is 469 g/mol. The Balaban J connectivity index is 1.61. The van der Waals surface area contributed by atoms with Crippen LogP contribution in [-0.2, 0) is 32.2 Å². The Hall–Kier alpha value is -4.04. The van der Waals surface area contributed by atoms with Crippen LogP contribution in [0.1, 0.15) is 27.8 Å². The standard InChI is InChI=1S/C34H27FN/c35-27-18-14-23(15-19-27)22-36-33-28-12-6-4-8-24(28)16-20-30(33)32(26-10-2-1-3-11-26)31-21-17-25-9-5-7-13-29(25)34(31)36/h1-15,18-19H,16-17,20-22H2/q+1. The van der Waals surface area contributed by atoms with Gasteiger partial charge in [-0.3, -0.25) is 0 Å². The highest BCUT2D eigenvalue weighted by Crippen LogP contribution is 2.44. The maximum atomic E-state index is 13.8. The van der Waals surface area contributed by atoms with E-state index in [0.717, 1.165) is 31.2 Å². The highest BCUT2D eigenvalue weighted by atomic mass is 19.1. The maximum Gasteiger partial charge on any atom is 0.217 e. The summed E-state index contributed by atoms with van der Waals surface area (Å²) < 4.78 is 16.3. The molecule has 0 bridgehead atoms. The number of aromatic nitrogens is 1. The molecule has 174 valence electrons. The molecule has 4 aromatic carbocycles. The normalized spacial score (nSPS) is 13.4. The first-order chi connectivity index (χ1) is 17.8. The Bertz CT molecular complexity index is 1520. The molecule has 5 aromatic rings. The topological polar surface area (TPSA) is 3.88 Å². The highest BCUT2D eigenvalue weighted by molar-refractivity contribution is 5.85. The van der Waals surface area contributed by atoms with E-state index in [1.807, 2.05) is 12.1 Å². The van der Waals surface area contributed by atoms with Crippen molar-refractivity contribution in [1.82, 2.24) is 0 Å². The lowest BCUT2D eigenvalue weighted by Crippen LogP contribution is -2.44. The number of rotatable bonds is 3. The largest absolute Gasteiger partial charge is 0.217 e. The van der Waals surface area contributed by atoms with Gasteiger partial charge in [-0.1, -0.05) is 66.7 Å². The number of fused-ring (bicyclic) bond motifs is 6. The van der Waals surface area contributed by atoms with Crippen molar-refractivity contribution in [1.29, 1.82) is 0 Å². The third-order valence-corrected chi connectivity index (χ3v) is 7.87. The van der Waals surface area contributed by atoms with E-state index in [0.29, 0.717) is 6.54 Å². The third kappa shape index (κ3) is 3.40. The van der Waals surface area contributed by atoms with E-state index in [4.69, 9.17) is 0 Å². The summed E-state index contributed by atoms with van der Waals surface area (Å²) >= 11 is 0. The van der Waals surface area contributed by atoms with Crippen LogP contribution in [0.2, 0.25) is 0 Å². The summed E-state index contributed by atoms with van der Waals surface area (Å²) in [5.74, 6) is -0.192. The van der Waals surface area contributed by atoms with Gasteiger partial charge in [0, 0.05) is 33.4 Å². The molecule has 0 atom stereocenters. The van der Waals surface area contributed by atoms with E-state index < -0.39 is 0 Å². The Morgan fingerprint density at radius 1 is 0.556 bits per heavy atom. The second kappa shape index (κ2) is 8.57. The summed E-state index contributed by atoms with van der Waals surface area (Å²) in [4.78, 5) is 0. The molecule has 0 radical (unpaired) electrons. The van der Waals surface area contributed by atoms with Gasteiger partial charge in [-0.2, -0.15) is 4.57 Å². The first-order valence-corrected chi connectivity index (χ1v) is 12.9. The van der Waals surface area contributed by atoms with E-state index in [1.54, 1.807) is 12.1 Å². The molecule has 0 saturated carbocycles. The smallest absolute Gasteiger partial charge is 0.207 e. The predicted octanol–water partition coefficient (Wildman–Crippen LogP) is 7.36. The summed E-state index contributed by atoms with van der Waals surface area (Å²) in [6, 6.07) is 35.7. The first kappa shape index (κ1) is 21.3. The number of hydrogen-bond donors (Lipinski definition) is 0. The predicted molar refractivity (Wildman–Crippen MR) is 143 cm³/mol. The molecule has 0 fully saturated rings. The van der Waals surface area contributed by atoms with Crippen molar-refractivity contribution in [3.05, 3.63) is 137 Å². The summed E-state index contributed by atoms with van der Waals surface area (Å²) in [5, 5.41) is 0. The van der Waals surface area contributed by atoms with Crippen molar-refractivity contribution < 1.29 is 8.96 Å². The Kier molecular flexibility index (Phi) is 5.06. The van der Waals surface area contributed by atoms with Crippen LogP contribution in [0.3, 0.4) is 0 Å². The molecule has 0 saturated heterocycles. The van der Waals surface area contributed by atoms with Gasteiger partial charge in [-0.15, -0.1) is 0 Å². The molecule has 1 aromatic heterocycles. The van der Waals surface area contributed by atoms with Crippen LogP contribution in [0, 0.1) is 5.82 Å². The van der Waals surface area contributed by atoms with Crippen LogP contribution in [0.25, 0.3) is 33.6 Å². The molecule has 0 aliphatic heterocycles. The monoisotopic (exact) mass is 468 g/mol. The Labute approximate surface area is 211 Å². The molecule has 1 heterocycles. The highest BCUT2D eigenvalue weighted by Gasteiger charge is 2.37. The molecule has 0 amide bonds. The molecular weight excluding hydrogens is 441 g/mol.